The van der Waals surface area contributed by atoms with E-state index in [1.807, 2.05) is 29.9 Å². The fourth-order valence-corrected chi connectivity index (χ4v) is 5.23. The van der Waals surface area contributed by atoms with Crippen molar-refractivity contribution in [3.05, 3.63) is 58.9 Å². The molecule has 1 atom stereocenters. The van der Waals surface area contributed by atoms with Crippen molar-refractivity contribution in [2.75, 3.05) is 25.1 Å². The normalized spacial score (nSPS) is 17.8. The molecule has 3 heterocycles. The lowest BCUT2D eigenvalue weighted by molar-refractivity contribution is 0.175. The maximum atomic E-state index is 12.7. The SMILES string of the molecule is COC(=O)N1c2ccc(-c3cnn(C4CCNCC4)c3)c(Oc3ccc(Cl)cc3C#N)c2CCC1C. The number of nitrogens with zero attached hydrogens (tertiary/aromatic N) is 4. The van der Waals surface area contributed by atoms with Gasteiger partial charge < -0.3 is 14.8 Å². The highest BCUT2D eigenvalue weighted by atomic mass is 35.5. The van der Waals surface area contributed by atoms with Crippen LogP contribution in [0.4, 0.5) is 10.5 Å². The lowest BCUT2D eigenvalue weighted by Crippen LogP contribution is -2.42. The first-order valence-corrected chi connectivity index (χ1v) is 12.5. The van der Waals surface area contributed by atoms with Crippen LogP contribution in [0, 0.1) is 11.3 Å². The Morgan fingerprint density at radius 1 is 1.22 bits per heavy atom. The van der Waals surface area contributed by atoms with E-state index in [2.05, 4.69) is 22.7 Å². The molecule has 0 aliphatic carbocycles. The second kappa shape index (κ2) is 10.2. The summed E-state index contributed by atoms with van der Waals surface area (Å²) in [6, 6.07) is 11.4. The molecule has 1 N–H and O–H groups in total. The van der Waals surface area contributed by atoms with Crippen molar-refractivity contribution in [3.8, 4) is 28.7 Å². The van der Waals surface area contributed by atoms with E-state index in [4.69, 9.17) is 21.1 Å². The van der Waals surface area contributed by atoms with Crippen LogP contribution in [0.2, 0.25) is 5.02 Å². The molecule has 186 valence electrons. The maximum absolute atomic E-state index is 12.7. The Bertz CT molecular complexity index is 1330. The van der Waals surface area contributed by atoms with Gasteiger partial charge in [-0.05, 0) is 76.0 Å². The summed E-state index contributed by atoms with van der Waals surface area (Å²) in [4.78, 5) is 14.3. The largest absolute Gasteiger partial charge is 0.455 e. The Hall–Kier alpha value is -3.54. The molecule has 2 aromatic carbocycles. The van der Waals surface area contributed by atoms with Gasteiger partial charge in [-0.25, -0.2) is 4.79 Å². The van der Waals surface area contributed by atoms with Crippen molar-refractivity contribution in [2.45, 2.75) is 44.7 Å². The zero-order valence-electron chi connectivity index (χ0n) is 20.3. The molecular weight excluding hydrogens is 478 g/mol. The number of methoxy groups -OCH3 is 1. The van der Waals surface area contributed by atoms with Crippen LogP contribution in [0.5, 0.6) is 11.5 Å². The summed E-state index contributed by atoms with van der Waals surface area (Å²) in [6.45, 7) is 3.95. The average Bonchev–Trinajstić information content (AvgIpc) is 3.40. The fraction of sp³-hybridized carbons (Fsp3) is 0.370. The highest BCUT2D eigenvalue weighted by Crippen LogP contribution is 2.45. The van der Waals surface area contributed by atoms with Crippen molar-refractivity contribution in [3.63, 3.8) is 0 Å². The number of hydrogen-bond donors (Lipinski definition) is 1. The maximum Gasteiger partial charge on any atom is 0.414 e. The predicted octanol–water partition coefficient (Wildman–Crippen LogP) is 5.70. The first kappa shape index (κ1) is 24.2. The smallest absolute Gasteiger partial charge is 0.414 e. The number of carbonyl (C=O) groups is 1. The Kier molecular flexibility index (Phi) is 6.86. The molecule has 0 bridgehead atoms. The minimum atomic E-state index is -0.412. The van der Waals surface area contributed by atoms with Crippen molar-refractivity contribution < 1.29 is 14.3 Å². The molecule has 1 amide bonds. The molecule has 1 unspecified atom stereocenters. The number of amides is 1. The number of piperidine rings is 1. The molecule has 0 saturated carbocycles. The van der Waals surface area contributed by atoms with Gasteiger partial charge in [-0.3, -0.25) is 9.58 Å². The standard InChI is InChI=1S/C27H28ClN5O3/c1-17-3-5-23-24(33(17)27(34)35-2)7-6-22(19-15-31-32(16-19)21-9-11-30-12-10-21)26(23)36-25-8-4-20(28)13-18(25)14-29/h4,6-8,13,15-17,21,30H,3,5,9-12H2,1-2H3. The summed E-state index contributed by atoms with van der Waals surface area (Å²) < 4.78 is 13.6. The van der Waals surface area contributed by atoms with Crippen LogP contribution in [0.15, 0.2) is 42.7 Å². The number of anilines is 1. The fourth-order valence-electron chi connectivity index (χ4n) is 5.06. The summed E-state index contributed by atoms with van der Waals surface area (Å²) >= 11 is 6.12. The number of nitriles is 1. The topological polar surface area (TPSA) is 92.4 Å². The van der Waals surface area contributed by atoms with Crippen LogP contribution in [-0.4, -0.2) is 42.1 Å². The zero-order valence-corrected chi connectivity index (χ0v) is 21.1. The molecule has 5 rings (SSSR count). The number of hydrogen-bond acceptors (Lipinski definition) is 6. The van der Waals surface area contributed by atoms with Gasteiger partial charge >= 0.3 is 6.09 Å². The molecule has 36 heavy (non-hydrogen) atoms. The van der Waals surface area contributed by atoms with Crippen LogP contribution in [0.1, 0.15) is 43.4 Å². The Morgan fingerprint density at radius 3 is 2.78 bits per heavy atom. The Labute approximate surface area is 215 Å². The Balaban J connectivity index is 1.63. The number of fused-ring (bicyclic) bond motifs is 1. The van der Waals surface area contributed by atoms with Crippen molar-refractivity contribution in [2.24, 2.45) is 0 Å². The molecule has 9 heteroatoms. The van der Waals surface area contributed by atoms with E-state index >= 15 is 0 Å². The third-order valence-corrected chi connectivity index (χ3v) is 7.22. The van der Waals surface area contributed by atoms with Crippen LogP contribution in [-0.2, 0) is 11.2 Å². The van der Waals surface area contributed by atoms with Crippen molar-refractivity contribution in [1.82, 2.24) is 15.1 Å². The van der Waals surface area contributed by atoms with Crippen LogP contribution < -0.4 is 15.0 Å². The second-order valence-electron chi connectivity index (χ2n) is 9.21. The van der Waals surface area contributed by atoms with Gasteiger partial charge in [0.2, 0.25) is 0 Å². The van der Waals surface area contributed by atoms with Gasteiger partial charge in [-0.1, -0.05) is 11.6 Å². The van der Waals surface area contributed by atoms with E-state index in [9.17, 15) is 10.1 Å². The molecular formula is C27H28ClN5O3. The number of halogens is 1. The predicted molar refractivity (Wildman–Crippen MR) is 138 cm³/mol. The third kappa shape index (κ3) is 4.52. The molecule has 1 fully saturated rings. The molecule has 0 radical (unpaired) electrons. The quantitative estimate of drug-likeness (QED) is 0.489. The first-order valence-electron chi connectivity index (χ1n) is 12.2. The van der Waals surface area contributed by atoms with E-state index in [0.29, 0.717) is 34.5 Å². The number of benzene rings is 2. The van der Waals surface area contributed by atoms with Crippen LogP contribution in [0.3, 0.4) is 0 Å². The van der Waals surface area contributed by atoms with Gasteiger partial charge in [0.1, 0.15) is 17.6 Å². The number of nitrogens with one attached hydrogen (secondary N) is 1. The van der Waals surface area contributed by atoms with Crippen molar-refractivity contribution in [1.29, 1.82) is 5.26 Å². The minimum Gasteiger partial charge on any atom is -0.455 e. The average molecular weight is 506 g/mol. The van der Waals surface area contributed by atoms with Gasteiger partial charge in [0.05, 0.1) is 30.6 Å². The van der Waals surface area contributed by atoms with Crippen LogP contribution >= 0.6 is 11.6 Å². The van der Waals surface area contributed by atoms with E-state index in [1.54, 1.807) is 23.1 Å². The highest BCUT2D eigenvalue weighted by Gasteiger charge is 2.33. The first-order chi connectivity index (χ1) is 17.5. The third-order valence-electron chi connectivity index (χ3n) is 6.99. The summed E-state index contributed by atoms with van der Waals surface area (Å²) in [6.07, 6.45) is 7.01. The van der Waals surface area contributed by atoms with E-state index in [1.165, 1.54) is 7.11 Å². The lowest BCUT2D eigenvalue weighted by atomic mass is 9.92. The van der Waals surface area contributed by atoms with E-state index in [-0.39, 0.29) is 6.04 Å². The van der Waals surface area contributed by atoms with Gasteiger partial charge in [0.15, 0.2) is 0 Å². The van der Waals surface area contributed by atoms with Gasteiger partial charge in [0.25, 0.3) is 0 Å². The summed E-state index contributed by atoms with van der Waals surface area (Å²) in [5.74, 6) is 1.02. The highest BCUT2D eigenvalue weighted by molar-refractivity contribution is 6.30. The second-order valence-corrected chi connectivity index (χ2v) is 9.65. The lowest BCUT2D eigenvalue weighted by Gasteiger charge is -2.35. The van der Waals surface area contributed by atoms with Gasteiger partial charge in [-0.2, -0.15) is 10.4 Å². The zero-order chi connectivity index (χ0) is 25.2. The number of ether oxygens (including phenoxy) is 2. The monoisotopic (exact) mass is 505 g/mol. The molecule has 1 saturated heterocycles. The number of carbonyl (C=O) groups excluding carboxylic acids is 1. The summed E-state index contributed by atoms with van der Waals surface area (Å²) in [5, 5.41) is 18.2. The molecule has 3 aromatic rings. The van der Waals surface area contributed by atoms with E-state index < -0.39 is 6.09 Å². The molecule has 0 spiro atoms. The molecule has 1 aromatic heterocycles. The summed E-state index contributed by atoms with van der Waals surface area (Å²) in [5.41, 5.74) is 3.75. The van der Waals surface area contributed by atoms with Gasteiger partial charge in [-0.15, -0.1) is 0 Å². The summed E-state index contributed by atoms with van der Waals surface area (Å²) in [7, 11) is 1.39. The van der Waals surface area contributed by atoms with E-state index in [0.717, 1.165) is 54.7 Å². The Morgan fingerprint density at radius 2 is 2.03 bits per heavy atom. The molecule has 2 aliphatic rings. The molecule has 2 aliphatic heterocycles. The minimum absolute atomic E-state index is 0.0171. The van der Waals surface area contributed by atoms with Gasteiger partial charge in [0, 0.05) is 34.0 Å². The number of rotatable bonds is 4. The number of aromatic nitrogens is 2. The molecule has 8 nitrogen and oxygen atoms in total. The van der Waals surface area contributed by atoms with Crippen molar-refractivity contribution >= 4 is 23.4 Å². The van der Waals surface area contributed by atoms with Crippen LogP contribution in [0.25, 0.3) is 11.1 Å².